The molecule has 0 aliphatic carbocycles. The zero-order valence-corrected chi connectivity index (χ0v) is 7.42. The maximum absolute atomic E-state index is 13.2. The van der Waals surface area contributed by atoms with Crippen molar-refractivity contribution in [2.45, 2.75) is 20.4 Å². The molecule has 0 saturated heterocycles. The van der Waals surface area contributed by atoms with E-state index in [1.165, 1.54) is 13.8 Å². The lowest BCUT2D eigenvalue weighted by Crippen LogP contribution is -2.09. The molecule has 1 rings (SSSR count). The fraction of sp³-hybridized carbons (Fsp3) is 0.333. The summed E-state index contributed by atoms with van der Waals surface area (Å²) < 4.78 is 39.2. The Labute approximate surface area is 74.4 Å². The minimum Gasteiger partial charge on any atom is -0.326 e. The van der Waals surface area contributed by atoms with Crippen LogP contribution in [0.25, 0.3) is 0 Å². The number of hydrogen-bond acceptors (Lipinski definition) is 1. The maximum Gasteiger partial charge on any atom is 0.164 e. The predicted octanol–water partition coefficient (Wildman–Crippen LogP) is 2.18. The Bertz CT molecular complexity index is 318. The lowest BCUT2D eigenvalue weighted by molar-refractivity contribution is 0.475. The summed E-state index contributed by atoms with van der Waals surface area (Å²) >= 11 is 0. The van der Waals surface area contributed by atoms with Crippen LogP contribution in [0.15, 0.2) is 0 Å². The van der Waals surface area contributed by atoms with Crippen LogP contribution in [0, 0.1) is 31.3 Å². The Morgan fingerprint density at radius 2 is 1.38 bits per heavy atom. The van der Waals surface area contributed by atoms with Crippen LogP contribution in [0.1, 0.15) is 16.7 Å². The largest absolute Gasteiger partial charge is 0.326 e. The van der Waals surface area contributed by atoms with Gasteiger partial charge in [-0.25, -0.2) is 13.2 Å². The highest BCUT2D eigenvalue weighted by molar-refractivity contribution is 5.34. The highest BCUT2D eigenvalue weighted by Crippen LogP contribution is 2.23. The van der Waals surface area contributed by atoms with Gasteiger partial charge in [0.25, 0.3) is 0 Å². The zero-order valence-electron chi connectivity index (χ0n) is 7.42. The summed E-state index contributed by atoms with van der Waals surface area (Å²) in [7, 11) is 0. The first kappa shape index (κ1) is 10.1. The molecular formula is C9H10F3N. The monoisotopic (exact) mass is 189 g/mol. The molecule has 0 amide bonds. The van der Waals surface area contributed by atoms with Crippen molar-refractivity contribution in [3.05, 3.63) is 34.1 Å². The quantitative estimate of drug-likeness (QED) is 0.673. The molecular weight excluding hydrogens is 179 g/mol. The molecule has 13 heavy (non-hydrogen) atoms. The lowest BCUT2D eigenvalue weighted by Gasteiger charge is -2.09. The number of hydrogen-bond donors (Lipinski definition) is 1. The van der Waals surface area contributed by atoms with Gasteiger partial charge < -0.3 is 5.73 Å². The van der Waals surface area contributed by atoms with E-state index in [0.29, 0.717) is 0 Å². The Morgan fingerprint density at radius 3 is 1.85 bits per heavy atom. The molecule has 0 saturated carbocycles. The molecule has 2 N–H and O–H groups in total. The van der Waals surface area contributed by atoms with E-state index in [0.717, 1.165) is 0 Å². The third kappa shape index (κ3) is 1.42. The molecule has 0 spiro atoms. The maximum atomic E-state index is 13.2. The fourth-order valence-corrected chi connectivity index (χ4v) is 1.19. The molecule has 4 heteroatoms. The van der Waals surface area contributed by atoms with Gasteiger partial charge in [-0.05, 0) is 19.4 Å². The van der Waals surface area contributed by atoms with Crippen LogP contribution < -0.4 is 5.73 Å². The van der Waals surface area contributed by atoms with E-state index in [9.17, 15) is 13.2 Å². The van der Waals surface area contributed by atoms with Crippen molar-refractivity contribution in [2.75, 3.05) is 0 Å². The molecule has 0 aromatic heterocycles. The summed E-state index contributed by atoms with van der Waals surface area (Å²) in [5.41, 5.74) is 4.88. The Hall–Kier alpha value is -1.03. The number of rotatable bonds is 1. The molecule has 1 aromatic carbocycles. The number of halogens is 3. The summed E-state index contributed by atoms with van der Waals surface area (Å²) in [6.07, 6.45) is 0. The van der Waals surface area contributed by atoms with Gasteiger partial charge in [0.05, 0.1) is 0 Å². The van der Waals surface area contributed by atoms with Crippen molar-refractivity contribution in [3.63, 3.8) is 0 Å². The van der Waals surface area contributed by atoms with Crippen LogP contribution in [0.4, 0.5) is 13.2 Å². The van der Waals surface area contributed by atoms with Crippen LogP contribution in [-0.2, 0) is 6.54 Å². The molecule has 0 bridgehead atoms. The predicted molar refractivity (Wildman–Crippen MR) is 43.7 cm³/mol. The molecule has 1 nitrogen and oxygen atoms in total. The number of benzene rings is 1. The van der Waals surface area contributed by atoms with Gasteiger partial charge in [-0.2, -0.15) is 0 Å². The summed E-state index contributed by atoms with van der Waals surface area (Å²) in [6, 6.07) is 0. The lowest BCUT2D eigenvalue weighted by atomic mass is 10.0. The van der Waals surface area contributed by atoms with E-state index < -0.39 is 17.5 Å². The highest BCUT2D eigenvalue weighted by Gasteiger charge is 2.18. The van der Waals surface area contributed by atoms with E-state index in [-0.39, 0.29) is 23.2 Å². The zero-order chi connectivity index (χ0) is 10.2. The van der Waals surface area contributed by atoms with Gasteiger partial charge >= 0.3 is 0 Å². The van der Waals surface area contributed by atoms with Crippen molar-refractivity contribution in [1.82, 2.24) is 0 Å². The first-order chi connectivity index (χ1) is 6.00. The first-order valence-corrected chi connectivity index (χ1v) is 3.83. The van der Waals surface area contributed by atoms with Crippen LogP contribution in [0.3, 0.4) is 0 Å². The van der Waals surface area contributed by atoms with E-state index in [1.807, 2.05) is 0 Å². The minimum absolute atomic E-state index is 0.0383. The summed E-state index contributed by atoms with van der Waals surface area (Å²) in [6.45, 7) is 2.37. The van der Waals surface area contributed by atoms with Crippen molar-refractivity contribution in [1.29, 1.82) is 0 Å². The van der Waals surface area contributed by atoms with Crippen molar-refractivity contribution < 1.29 is 13.2 Å². The van der Waals surface area contributed by atoms with Gasteiger partial charge in [0.1, 0.15) is 5.82 Å². The van der Waals surface area contributed by atoms with Crippen LogP contribution >= 0.6 is 0 Å². The third-order valence-corrected chi connectivity index (χ3v) is 2.10. The Balaban J connectivity index is 3.56. The molecule has 0 atom stereocenters. The van der Waals surface area contributed by atoms with Gasteiger partial charge in [0.2, 0.25) is 0 Å². The molecule has 0 aliphatic rings. The van der Waals surface area contributed by atoms with E-state index >= 15 is 0 Å². The average Bonchev–Trinajstić information content (AvgIpc) is 2.13. The van der Waals surface area contributed by atoms with E-state index in [4.69, 9.17) is 5.73 Å². The second-order valence-electron chi connectivity index (χ2n) is 2.87. The molecule has 0 fully saturated rings. The molecule has 0 heterocycles. The van der Waals surface area contributed by atoms with Gasteiger partial charge in [-0.1, -0.05) is 0 Å². The Kier molecular flexibility index (Phi) is 2.61. The Morgan fingerprint density at radius 1 is 0.923 bits per heavy atom. The molecule has 1 aromatic rings. The smallest absolute Gasteiger partial charge is 0.164 e. The van der Waals surface area contributed by atoms with Crippen molar-refractivity contribution >= 4 is 0 Å². The summed E-state index contributed by atoms with van der Waals surface area (Å²) in [5.74, 6) is -2.90. The second kappa shape index (κ2) is 3.38. The minimum atomic E-state index is -1.13. The summed E-state index contributed by atoms with van der Waals surface area (Å²) in [5, 5.41) is 0. The van der Waals surface area contributed by atoms with Crippen molar-refractivity contribution in [3.8, 4) is 0 Å². The highest BCUT2D eigenvalue weighted by atomic mass is 19.2. The molecule has 72 valence electrons. The number of nitrogens with two attached hydrogens (primary N) is 1. The standard InChI is InChI=1S/C9H10F3N/c1-4-6(3-13)7(10)5(2)9(12)8(4)11/h3,13H2,1-2H3. The van der Waals surface area contributed by atoms with Crippen LogP contribution in [0.5, 0.6) is 0 Å². The fourth-order valence-electron chi connectivity index (χ4n) is 1.19. The van der Waals surface area contributed by atoms with Crippen molar-refractivity contribution in [2.24, 2.45) is 5.73 Å². The van der Waals surface area contributed by atoms with Crippen LogP contribution in [0.2, 0.25) is 0 Å². The average molecular weight is 189 g/mol. The molecule has 0 aliphatic heterocycles. The normalized spacial score (nSPS) is 10.6. The molecule has 0 unspecified atom stereocenters. The van der Waals surface area contributed by atoms with Crippen LogP contribution in [-0.4, -0.2) is 0 Å². The third-order valence-electron chi connectivity index (χ3n) is 2.10. The van der Waals surface area contributed by atoms with Gasteiger partial charge in [-0.15, -0.1) is 0 Å². The van der Waals surface area contributed by atoms with Gasteiger partial charge in [0.15, 0.2) is 11.6 Å². The van der Waals surface area contributed by atoms with Gasteiger partial charge in [0, 0.05) is 17.7 Å². The topological polar surface area (TPSA) is 26.0 Å². The SMILES string of the molecule is Cc1c(F)c(F)c(C)c(CN)c1F. The van der Waals surface area contributed by atoms with E-state index in [2.05, 4.69) is 0 Å². The molecule has 0 radical (unpaired) electrons. The first-order valence-electron chi connectivity index (χ1n) is 3.83. The van der Waals surface area contributed by atoms with E-state index in [1.54, 1.807) is 0 Å². The summed E-state index contributed by atoms with van der Waals surface area (Å²) in [4.78, 5) is 0. The second-order valence-corrected chi connectivity index (χ2v) is 2.87. The van der Waals surface area contributed by atoms with Gasteiger partial charge in [-0.3, -0.25) is 0 Å².